The summed E-state index contributed by atoms with van der Waals surface area (Å²) < 4.78 is 44.6. The third kappa shape index (κ3) is 3.98. The van der Waals surface area contributed by atoms with Crippen LogP contribution in [0.25, 0.3) is 0 Å². The molecular weight excluding hydrogens is 363 g/mol. The zero-order valence-corrected chi connectivity index (χ0v) is 14.9. The molecule has 0 aromatic heterocycles. The van der Waals surface area contributed by atoms with Gasteiger partial charge in [-0.2, -0.15) is 13.2 Å². The molecule has 1 unspecified atom stereocenters. The lowest BCUT2D eigenvalue weighted by Crippen LogP contribution is -2.40. The number of ether oxygens (including phenoxy) is 1. The van der Waals surface area contributed by atoms with Crippen molar-refractivity contribution in [2.24, 2.45) is 0 Å². The molecule has 1 aliphatic rings. The van der Waals surface area contributed by atoms with Gasteiger partial charge in [-0.05, 0) is 49.4 Å². The van der Waals surface area contributed by atoms with Crippen molar-refractivity contribution >= 4 is 17.7 Å². The standard InChI is InChI=1S/C19H18F3NO2S/c1-26-14-10-8-13(9-11-14)25-17-7-3-2-5-15(17)16-6-4-12-23(16)18(24)19(20,21)22/h2-3,5,7-11,16H,4,6,12H2,1H3. The van der Waals surface area contributed by atoms with E-state index in [0.29, 0.717) is 29.9 Å². The summed E-state index contributed by atoms with van der Waals surface area (Å²) in [6, 6.07) is 13.8. The van der Waals surface area contributed by atoms with E-state index in [1.54, 1.807) is 36.0 Å². The molecule has 1 heterocycles. The van der Waals surface area contributed by atoms with Crippen LogP contribution in [0.4, 0.5) is 13.2 Å². The molecule has 1 amide bonds. The van der Waals surface area contributed by atoms with Crippen molar-refractivity contribution in [3.8, 4) is 11.5 Å². The first-order valence-corrected chi connectivity index (χ1v) is 9.41. The number of hydrogen-bond donors (Lipinski definition) is 0. The Morgan fingerprint density at radius 3 is 2.50 bits per heavy atom. The number of rotatable bonds is 4. The van der Waals surface area contributed by atoms with Gasteiger partial charge in [-0.1, -0.05) is 18.2 Å². The van der Waals surface area contributed by atoms with Crippen molar-refractivity contribution in [1.82, 2.24) is 4.90 Å². The van der Waals surface area contributed by atoms with Crippen molar-refractivity contribution in [3.63, 3.8) is 0 Å². The zero-order valence-electron chi connectivity index (χ0n) is 14.1. The molecule has 7 heteroatoms. The Hall–Kier alpha value is -2.15. The summed E-state index contributed by atoms with van der Waals surface area (Å²) >= 11 is 1.61. The maximum Gasteiger partial charge on any atom is 0.471 e. The number of alkyl halides is 3. The highest BCUT2D eigenvalue weighted by Crippen LogP contribution is 2.40. The lowest BCUT2D eigenvalue weighted by atomic mass is 10.0. The maximum absolute atomic E-state index is 12.9. The van der Waals surface area contributed by atoms with E-state index >= 15 is 0 Å². The number of halogens is 3. The first-order valence-electron chi connectivity index (χ1n) is 8.19. The lowest BCUT2D eigenvalue weighted by molar-refractivity contribution is -0.186. The molecule has 3 rings (SSSR count). The van der Waals surface area contributed by atoms with Crippen LogP contribution in [0.1, 0.15) is 24.4 Å². The quantitative estimate of drug-likeness (QED) is 0.662. The maximum atomic E-state index is 12.9. The Bertz CT molecular complexity index is 777. The smallest absolute Gasteiger partial charge is 0.457 e. The summed E-state index contributed by atoms with van der Waals surface area (Å²) in [5.74, 6) is -0.725. The van der Waals surface area contributed by atoms with Gasteiger partial charge in [-0.15, -0.1) is 11.8 Å². The second kappa shape index (κ2) is 7.61. The van der Waals surface area contributed by atoms with E-state index in [1.807, 2.05) is 30.5 Å². The summed E-state index contributed by atoms with van der Waals surface area (Å²) in [6.07, 6.45) is -1.89. The predicted octanol–water partition coefficient (Wildman–Crippen LogP) is 5.43. The molecule has 0 bridgehead atoms. The molecule has 1 atom stereocenters. The summed E-state index contributed by atoms with van der Waals surface area (Å²) in [4.78, 5) is 13.7. The van der Waals surface area contributed by atoms with E-state index in [4.69, 9.17) is 4.74 Å². The van der Waals surface area contributed by atoms with E-state index in [-0.39, 0.29) is 6.54 Å². The van der Waals surface area contributed by atoms with E-state index < -0.39 is 18.1 Å². The van der Waals surface area contributed by atoms with Crippen LogP contribution < -0.4 is 4.74 Å². The monoisotopic (exact) mass is 381 g/mol. The van der Waals surface area contributed by atoms with Crippen molar-refractivity contribution in [2.45, 2.75) is 30.0 Å². The minimum atomic E-state index is -4.87. The third-order valence-corrected chi connectivity index (χ3v) is 5.06. The first-order chi connectivity index (χ1) is 12.4. The second-order valence-corrected chi connectivity index (χ2v) is 6.85. The number of carbonyl (C=O) groups is 1. The van der Waals surface area contributed by atoms with Crippen molar-refractivity contribution in [2.75, 3.05) is 12.8 Å². The molecule has 26 heavy (non-hydrogen) atoms. The zero-order chi connectivity index (χ0) is 18.7. The van der Waals surface area contributed by atoms with Gasteiger partial charge in [0.15, 0.2) is 0 Å². The topological polar surface area (TPSA) is 29.5 Å². The van der Waals surface area contributed by atoms with Crippen LogP contribution in [0.2, 0.25) is 0 Å². The summed E-state index contributed by atoms with van der Waals surface area (Å²) in [7, 11) is 0. The van der Waals surface area contributed by atoms with Gasteiger partial charge in [0.1, 0.15) is 11.5 Å². The van der Waals surface area contributed by atoms with Crippen molar-refractivity contribution < 1.29 is 22.7 Å². The number of benzene rings is 2. The molecule has 1 aliphatic heterocycles. The summed E-state index contributed by atoms with van der Waals surface area (Å²) in [5, 5.41) is 0. The Morgan fingerprint density at radius 1 is 1.15 bits per heavy atom. The number of likely N-dealkylation sites (tertiary alicyclic amines) is 1. The average molecular weight is 381 g/mol. The van der Waals surface area contributed by atoms with E-state index in [1.165, 1.54) is 0 Å². The van der Waals surface area contributed by atoms with Gasteiger partial charge in [0.25, 0.3) is 0 Å². The van der Waals surface area contributed by atoms with Gasteiger partial charge in [-0.25, -0.2) is 0 Å². The fourth-order valence-corrected chi connectivity index (χ4v) is 3.52. The molecule has 138 valence electrons. The number of amides is 1. The van der Waals surface area contributed by atoms with Crippen molar-refractivity contribution in [3.05, 3.63) is 54.1 Å². The molecule has 3 nitrogen and oxygen atoms in total. The third-order valence-electron chi connectivity index (χ3n) is 4.32. The van der Waals surface area contributed by atoms with Gasteiger partial charge in [0, 0.05) is 17.0 Å². The molecular formula is C19H18F3NO2S. The number of nitrogens with zero attached hydrogens (tertiary/aromatic N) is 1. The SMILES string of the molecule is CSc1ccc(Oc2ccccc2C2CCCN2C(=O)C(F)(F)F)cc1. The highest BCUT2D eigenvalue weighted by molar-refractivity contribution is 7.98. The van der Waals surface area contributed by atoms with Crippen LogP contribution in [0.15, 0.2) is 53.4 Å². The normalized spacial score (nSPS) is 17.4. The van der Waals surface area contributed by atoms with Gasteiger partial charge < -0.3 is 9.64 Å². The first kappa shape index (κ1) is 18.6. The largest absolute Gasteiger partial charge is 0.471 e. The minimum absolute atomic E-state index is 0.0970. The molecule has 2 aromatic rings. The van der Waals surface area contributed by atoms with Gasteiger partial charge in [0.2, 0.25) is 0 Å². The number of hydrogen-bond acceptors (Lipinski definition) is 3. The molecule has 1 saturated heterocycles. The molecule has 0 N–H and O–H groups in total. The van der Waals surface area contributed by atoms with Crippen LogP contribution in [0.5, 0.6) is 11.5 Å². The highest BCUT2D eigenvalue weighted by atomic mass is 32.2. The van der Waals surface area contributed by atoms with Crippen LogP contribution in [-0.4, -0.2) is 29.8 Å². The fourth-order valence-electron chi connectivity index (χ4n) is 3.12. The second-order valence-electron chi connectivity index (χ2n) is 5.97. The average Bonchev–Trinajstić information content (AvgIpc) is 3.10. The number of carbonyl (C=O) groups excluding carboxylic acids is 1. The Balaban J connectivity index is 1.87. The number of thioether (sulfide) groups is 1. The van der Waals surface area contributed by atoms with E-state index in [0.717, 1.165) is 9.80 Å². The van der Waals surface area contributed by atoms with E-state index in [2.05, 4.69) is 0 Å². The van der Waals surface area contributed by atoms with Crippen LogP contribution in [0, 0.1) is 0 Å². The van der Waals surface area contributed by atoms with Gasteiger partial charge >= 0.3 is 12.1 Å². The molecule has 0 aliphatic carbocycles. The van der Waals surface area contributed by atoms with Crippen LogP contribution in [-0.2, 0) is 4.79 Å². The molecule has 1 fully saturated rings. The Labute approximate surface area is 154 Å². The minimum Gasteiger partial charge on any atom is -0.457 e. The predicted molar refractivity (Wildman–Crippen MR) is 94.5 cm³/mol. The fraction of sp³-hybridized carbons (Fsp3) is 0.316. The summed E-state index contributed by atoms with van der Waals surface area (Å²) in [5.41, 5.74) is 0.594. The molecule has 2 aromatic carbocycles. The summed E-state index contributed by atoms with van der Waals surface area (Å²) in [6.45, 7) is 0.0970. The number of para-hydroxylation sites is 1. The van der Waals surface area contributed by atoms with E-state index in [9.17, 15) is 18.0 Å². The van der Waals surface area contributed by atoms with Crippen molar-refractivity contribution in [1.29, 1.82) is 0 Å². The lowest BCUT2D eigenvalue weighted by Gasteiger charge is -2.27. The highest BCUT2D eigenvalue weighted by Gasteiger charge is 2.46. The molecule has 0 saturated carbocycles. The van der Waals surface area contributed by atoms with Gasteiger partial charge in [0.05, 0.1) is 6.04 Å². The van der Waals surface area contributed by atoms with Crippen LogP contribution in [0.3, 0.4) is 0 Å². The van der Waals surface area contributed by atoms with Gasteiger partial charge in [-0.3, -0.25) is 4.79 Å². The Kier molecular flexibility index (Phi) is 5.46. The molecule has 0 spiro atoms. The Morgan fingerprint density at radius 2 is 1.85 bits per heavy atom. The van der Waals surface area contributed by atoms with Crippen LogP contribution >= 0.6 is 11.8 Å². The molecule has 0 radical (unpaired) electrons.